The zero-order chi connectivity index (χ0) is 29.8. The molecule has 2 bridgehead atoms. The van der Waals surface area contributed by atoms with E-state index in [2.05, 4.69) is 23.8 Å². The van der Waals surface area contributed by atoms with Gasteiger partial charge in [0.25, 0.3) is 0 Å². The predicted octanol–water partition coefficient (Wildman–Crippen LogP) is 3.65. The Morgan fingerprint density at radius 3 is 1.57 bits per heavy atom. The summed E-state index contributed by atoms with van der Waals surface area (Å²) < 4.78 is 29.8. The van der Waals surface area contributed by atoms with Gasteiger partial charge in [-0.3, -0.25) is 0 Å². The third-order valence-electron chi connectivity index (χ3n) is 6.25. The van der Waals surface area contributed by atoms with Gasteiger partial charge >= 0.3 is 24.1 Å². The molecule has 2 N–H and O–H groups in total. The molecule has 0 heterocycles. The first-order valence-electron chi connectivity index (χ1n) is 13.8. The van der Waals surface area contributed by atoms with E-state index in [0.29, 0.717) is 23.6 Å². The van der Waals surface area contributed by atoms with Crippen molar-refractivity contribution < 1.29 is 50.5 Å². The number of amides is 2. The van der Waals surface area contributed by atoms with E-state index in [1.165, 1.54) is 25.7 Å². The first-order chi connectivity index (χ1) is 19.1. The fraction of sp³-hybridized carbons (Fsp3) is 0.714. The molecule has 0 radical (unpaired) electrons. The van der Waals surface area contributed by atoms with Crippen LogP contribution in [0.1, 0.15) is 49.3 Å². The number of carbonyl (C=O) groups excluding carboxylic acids is 4. The van der Waals surface area contributed by atoms with Gasteiger partial charge in [0, 0.05) is 27.1 Å². The van der Waals surface area contributed by atoms with Crippen molar-refractivity contribution in [3.8, 4) is 0 Å². The number of hydrogen-bond donors (Lipinski definition) is 2. The summed E-state index contributed by atoms with van der Waals surface area (Å²) in [5.74, 6) is 1.44. The van der Waals surface area contributed by atoms with Crippen molar-refractivity contribution in [3.05, 3.63) is 24.3 Å². The second kappa shape index (κ2) is 20.7. The molecule has 0 aromatic heterocycles. The Kier molecular flexibility index (Phi) is 18.1. The van der Waals surface area contributed by atoms with E-state index in [1.807, 2.05) is 0 Å². The first kappa shape index (κ1) is 34.9. The maximum atomic E-state index is 11.6. The van der Waals surface area contributed by atoms with Gasteiger partial charge in [0.05, 0.1) is 26.4 Å². The number of fused-ring (bicyclic) bond motifs is 2. The van der Waals surface area contributed by atoms with Crippen LogP contribution in [0.15, 0.2) is 24.3 Å². The highest BCUT2D eigenvalue weighted by Crippen LogP contribution is 2.47. The van der Waals surface area contributed by atoms with Gasteiger partial charge in [-0.25, -0.2) is 19.2 Å². The van der Waals surface area contributed by atoms with E-state index in [0.717, 1.165) is 18.4 Å². The van der Waals surface area contributed by atoms with Crippen molar-refractivity contribution in [3.63, 3.8) is 0 Å². The quantitative estimate of drug-likeness (QED) is 0.114. The van der Waals surface area contributed by atoms with E-state index in [1.54, 1.807) is 20.8 Å². The summed E-state index contributed by atoms with van der Waals surface area (Å²) in [6, 6.07) is 0. The molecule has 2 amide bonds. The first-order valence-corrected chi connectivity index (χ1v) is 13.8. The van der Waals surface area contributed by atoms with Gasteiger partial charge in [-0.05, 0) is 57.8 Å². The molecular formula is C28H50N2O10. The van der Waals surface area contributed by atoms with Crippen molar-refractivity contribution in [2.24, 2.45) is 17.8 Å². The molecule has 2 rings (SSSR count). The monoisotopic (exact) mass is 574 g/mol. The molecule has 0 spiro atoms. The normalized spacial score (nSPS) is 18.5. The molecule has 0 saturated heterocycles. The summed E-state index contributed by atoms with van der Waals surface area (Å²) in [5, 5.41) is 5.32. The molecule has 0 aromatic carbocycles. The number of alkyl carbamates (subject to hydrolysis) is 2. The molecule has 12 nitrogen and oxygen atoms in total. The Morgan fingerprint density at radius 1 is 0.700 bits per heavy atom. The summed E-state index contributed by atoms with van der Waals surface area (Å²) in [7, 11) is 0. The van der Waals surface area contributed by atoms with Gasteiger partial charge < -0.3 is 39.1 Å². The lowest BCUT2D eigenvalue weighted by Crippen LogP contribution is -2.32. The van der Waals surface area contributed by atoms with Crippen LogP contribution in [0, 0.1) is 17.8 Å². The molecule has 12 heteroatoms. The highest BCUT2D eigenvalue weighted by atomic mass is 16.6. The van der Waals surface area contributed by atoms with Crippen LogP contribution >= 0.6 is 0 Å². The molecule has 2 saturated carbocycles. The van der Waals surface area contributed by atoms with Crippen LogP contribution in [0.3, 0.4) is 0 Å². The Balaban J connectivity index is 0. The van der Waals surface area contributed by atoms with Crippen molar-refractivity contribution in [2.75, 3.05) is 65.9 Å². The van der Waals surface area contributed by atoms with Gasteiger partial charge in [-0.2, -0.15) is 0 Å². The number of rotatable bonds is 17. The average Bonchev–Trinajstić information content (AvgIpc) is 3.54. The largest absolute Gasteiger partial charge is 0.460 e. The van der Waals surface area contributed by atoms with Gasteiger partial charge in [-0.15, -0.1) is 0 Å². The third-order valence-corrected chi connectivity index (χ3v) is 6.25. The van der Waals surface area contributed by atoms with Crippen LogP contribution in [0.5, 0.6) is 0 Å². The summed E-state index contributed by atoms with van der Waals surface area (Å²) in [5.41, 5.74) is 0.713. The van der Waals surface area contributed by atoms with Crippen molar-refractivity contribution in [2.45, 2.75) is 46.5 Å². The maximum Gasteiger partial charge on any atom is 0.407 e. The standard InChI is InChI=1S/C17H27NO5.C11H19NO5.2H2/c1-12(2)16(19)22-7-5-21-6-8-23-17(20)18-11-15-10-13-3-4-14(15)9-13;1-4-12-11(14)17-8-6-15-5-7-16-10(13)9(2)3;;/h13-15H,1,3-11H2,2H3,(H,18,20);2,4-8H2,1,3H3,(H,12,14);2*1H. The van der Waals surface area contributed by atoms with Gasteiger partial charge in [0.2, 0.25) is 0 Å². The lowest BCUT2D eigenvalue weighted by atomic mass is 9.89. The second-order valence-corrected chi connectivity index (χ2v) is 9.68. The number of esters is 2. The fourth-order valence-corrected chi connectivity index (χ4v) is 4.31. The highest BCUT2D eigenvalue weighted by Gasteiger charge is 2.39. The van der Waals surface area contributed by atoms with Crippen molar-refractivity contribution in [1.82, 2.24) is 10.6 Å². The maximum absolute atomic E-state index is 11.6. The Bertz CT molecular complexity index is 844. The molecular weight excluding hydrogens is 524 g/mol. The molecule has 2 aliphatic carbocycles. The Labute approximate surface area is 240 Å². The number of ether oxygens (including phenoxy) is 6. The van der Waals surface area contributed by atoms with Gasteiger partial charge in [0.15, 0.2) is 0 Å². The Hall–Kier alpha value is -3.12. The van der Waals surface area contributed by atoms with Crippen LogP contribution in [0.2, 0.25) is 0 Å². The molecule has 3 unspecified atom stereocenters. The van der Waals surface area contributed by atoms with E-state index in [-0.39, 0.29) is 61.8 Å². The van der Waals surface area contributed by atoms with Crippen molar-refractivity contribution >= 4 is 24.1 Å². The smallest absolute Gasteiger partial charge is 0.407 e. The summed E-state index contributed by atoms with van der Waals surface area (Å²) in [6.07, 6.45) is 4.41. The van der Waals surface area contributed by atoms with Crippen LogP contribution in [-0.2, 0) is 38.0 Å². The fourth-order valence-electron chi connectivity index (χ4n) is 4.31. The summed E-state index contributed by atoms with van der Waals surface area (Å²) >= 11 is 0. The minimum Gasteiger partial charge on any atom is -0.460 e. The molecule has 0 aromatic rings. The van der Waals surface area contributed by atoms with Crippen LogP contribution < -0.4 is 10.6 Å². The third kappa shape index (κ3) is 16.1. The topological polar surface area (TPSA) is 148 Å². The second-order valence-electron chi connectivity index (χ2n) is 9.68. The van der Waals surface area contributed by atoms with E-state index >= 15 is 0 Å². The highest BCUT2D eigenvalue weighted by molar-refractivity contribution is 5.87. The lowest BCUT2D eigenvalue weighted by molar-refractivity contribution is -0.141. The lowest BCUT2D eigenvalue weighted by Gasteiger charge is -2.21. The van der Waals surface area contributed by atoms with Crippen LogP contribution in [-0.4, -0.2) is 90.1 Å². The molecule has 0 aliphatic heterocycles. The SMILES string of the molecule is C=C(C)C(=O)OCCOCCOC(=O)NCC.C=C(C)C(=O)OCCOCCOC(=O)NCC1CC2CCC1C2.[HH].[HH]. The number of nitrogens with one attached hydrogen (secondary N) is 2. The number of carbonyl (C=O) groups is 4. The average molecular weight is 575 g/mol. The molecule has 232 valence electrons. The molecule has 2 aliphatic rings. The van der Waals surface area contributed by atoms with Crippen molar-refractivity contribution in [1.29, 1.82) is 0 Å². The zero-order valence-corrected chi connectivity index (χ0v) is 24.1. The number of hydrogen-bond acceptors (Lipinski definition) is 10. The zero-order valence-electron chi connectivity index (χ0n) is 24.1. The molecule has 40 heavy (non-hydrogen) atoms. The molecule has 2 fully saturated rings. The van der Waals surface area contributed by atoms with Gasteiger partial charge in [-0.1, -0.05) is 19.6 Å². The molecule has 3 atom stereocenters. The summed E-state index contributed by atoms with van der Waals surface area (Å²) in [4.78, 5) is 44.5. The van der Waals surface area contributed by atoms with E-state index in [9.17, 15) is 19.2 Å². The minimum atomic E-state index is -0.468. The summed E-state index contributed by atoms with van der Waals surface area (Å²) in [6.45, 7) is 14.9. The van der Waals surface area contributed by atoms with Gasteiger partial charge in [0.1, 0.15) is 26.4 Å². The van der Waals surface area contributed by atoms with Crippen LogP contribution in [0.25, 0.3) is 0 Å². The minimum absolute atomic E-state index is 0. The predicted molar refractivity (Wildman–Crippen MR) is 151 cm³/mol. The van der Waals surface area contributed by atoms with E-state index in [4.69, 9.17) is 28.4 Å². The van der Waals surface area contributed by atoms with Crippen LogP contribution in [0.4, 0.5) is 9.59 Å². The van der Waals surface area contributed by atoms with E-state index < -0.39 is 18.0 Å². The Morgan fingerprint density at radius 2 is 1.18 bits per heavy atom.